The second kappa shape index (κ2) is 8.73. The van der Waals surface area contributed by atoms with Crippen LogP contribution in [0.2, 0.25) is 5.02 Å². The van der Waals surface area contributed by atoms with Crippen LogP contribution in [-0.2, 0) is 21.5 Å². The van der Waals surface area contributed by atoms with Crippen molar-refractivity contribution < 1.29 is 14.7 Å². The number of hydrogen-bond donors (Lipinski definition) is 4. The van der Waals surface area contributed by atoms with E-state index < -0.39 is 11.5 Å². The lowest BCUT2D eigenvalue weighted by molar-refractivity contribution is -0.136. The zero-order chi connectivity index (χ0) is 23.8. The van der Waals surface area contributed by atoms with Crippen molar-refractivity contribution in [2.45, 2.75) is 25.8 Å². The minimum absolute atomic E-state index is 0.0743. The highest BCUT2D eigenvalue weighted by Crippen LogP contribution is 2.39. The molecule has 168 valence electrons. The molecule has 5 N–H and O–H groups in total. The highest BCUT2D eigenvalue weighted by molar-refractivity contribution is 6.38. The van der Waals surface area contributed by atoms with Gasteiger partial charge in [0.1, 0.15) is 0 Å². The lowest BCUT2D eigenvalue weighted by atomic mass is 9.95. The number of carbonyl (C=O) groups is 2. The Morgan fingerprint density at radius 2 is 1.82 bits per heavy atom. The normalized spacial score (nSPS) is 14.5. The first kappa shape index (κ1) is 22.6. The first-order chi connectivity index (χ1) is 15.6. The molecule has 3 aromatic carbocycles. The molecule has 0 bridgehead atoms. The Bertz CT molecular complexity index is 1270. The average Bonchev–Trinajstić information content (AvgIpc) is 3.06. The second-order valence-corrected chi connectivity index (χ2v) is 9.03. The van der Waals surface area contributed by atoms with Gasteiger partial charge in [0.2, 0.25) is 0 Å². The fourth-order valence-electron chi connectivity index (χ4n) is 3.78. The minimum atomic E-state index is -0.901. The third-order valence-electron chi connectivity index (χ3n) is 5.45. The predicted molar refractivity (Wildman–Crippen MR) is 132 cm³/mol. The highest BCUT2D eigenvalue weighted by atomic mass is 35.5. The SMILES string of the molecule is CC(C)(N)c1cccc(N/C(=C2\C(=O)Nc3cc(Cl)ccc32)c2ccc(CC(=O)O)cc2)c1. The predicted octanol–water partition coefficient (Wildman–Crippen LogP) is 5.09. The Kier molecular flexibility index (Phi) is 5.97. The first-order valence-electron chi connectivity index (χ1n) is 10.4. The molecule has 0 aromatic heterocycles. The number of anilines is 2. The molecule has 0 spiro atoms. The van der Waals surface area contributed by atoms with Crippen LogP contribution in [0, 0.1) is 0 Å². The van der Waals surface area contributed by atoms with E-state index in [4.69, 9.17) is 22.4 Å². The number of hydrogen-bond acceptors (Lipinski definition) is 4. The van der Waals surface area contributed by atoms with Crippen LogP contribution in [0.3, 0.4) is 0 Å². The van der Waals surface area contributed by atoms with Gasteiger partial charge in [-0.2, -0.15) is 0 Å². The monoisotopic (exact) mass is 461 g/mol. The van der Waals surface area contributed by atoms with Gasteiger partial charge in [-0.3, -0.25) is 9.59 Å². The van der Waals surface area contributed by atoms with Gasteiger partial charge in [-0.05, 0) is 54.8 Å². The Labute approximate surface area is 197 Å². The van der Waals surface area contributed by atoms with Gasteiger partial charge in [-0.15, -0.1) is 0 Å². The molecule has 6 nitrogen and oxygen atoms in total. The zero-order valence-electron chi connectivity index (χ0n) is 18.3. The van der Waals surface area contributed by atoms with Crippen LogP contribution in [0.5, 0.6) is 0 Å². The number of benzene rings is 3. The second-order valence-electron chi connectivity index (χ2n) is 8.59. The molecule has 4 rings (SSSR count). The summed E-state index contributed by atoms with van der Waals surface area (Å²) < 4.78 is 0. The number of carboxylic acids is 1. The molecular weight excluding hydrogens is 438 g/mol. The maximum Gasteiger partial charge on any atom is 0.307 e. The van der Waals surface area contributed by atoms with E-state index in [9.17, 15) is 9.59 Å². The van der Waals surface area contributed by atoms with Crippen molar-refractivity contribution in [1.82, 2.24) is 0 Å². The van der Waals surface area contributed by atoms with E-state index in [1.807, 2.05) is 56.3 Å². The van der Waals surface area contributed by atoms with Crippen LogP contribution >= 0.6 is 11.6 Å². The van der Waals surface area contributed by atoms with E-state index >= 15 is 0 Å². The maximum atomic E-state index is 13.0. The summed E-state index contributed by atoms with van der Waals surface area (Å²) in [4.78, 5) is 24.1. The number of fused-ring (bicyclic) bond motifs is 1. The van der Waals surface area contributed by atoms with E-state index in [0.29, 0.717) is 27.5 Å². The molecule has 1 aliphatic rings. The van der Waals surface area contributed by atoms with Gasteiger partial charge in [0.25, 0.3) is 5.91 Å². The number of carboxylic acid groups (broad SMARTS) is 1. The van der Waals surface area contributed by atoms with Gasteiger partial charge in [0.15, 0.2) is 0 Å². The number of rotatable bonds is 6. The molecule has 0 atom stereocenters. The molecule has 0 saturated heterocycles. The van der Waals surface area contributed by atoms with Gasteiger partial charge < -0.3 is 21.5 Å². The Hall–Kier alpha value is -3.61. The Morgan fingerprint density at radius 3 is 2.48 bits per heavy atom. The molecule has 0 aliphatic carbocycles. The van der Waals surface area contributed by atoms with Gasteiger partial charge in [0.05, 0.1) is 23.4 Å². The Balaban J connectivity index is 1.85. The van der Waals surface area contributed by atoms with Crippen LogP contribution in [0.15, 0.2) is 66.7 Å². The lowest BCUT2D eigenvalue weighted by Gasteiger charge is -2.21. The summed E-state index contributed by atoms with van der Waals surface area (Å²) >= 11 is 6.12. The van der Waals surface area contributed by atoms with Crippen LogP contribution in [-0.4, -0.2) is 17.0 Å². The topological polar surface area (TPSA) is 104 Å². The van der Waals surface area contributed by atoms with Gasteiger partial charge in [0, 0.05) is 21.8 Å². The van der Waals surface area contributed by atoms with Crippen molar-refractivity contribution in [1.29, 1.82) is 0 Å². The fourth-order valence-corrected chi connectivity index (χ4v) is 3.95. The number of nitrogens with two attached hydrogens (primary N) is 1. The molecule has 0 saturated carbocycles. The van der Waals surface area contributed by atoms with Crippen LogP contribution in [0.1, 0.15) is 36.1 Å². The summed E-state index contributed by atoms with van der Waals surface area (Å²) in [6.45, 7) is 3.86. The number of nitrogens with one attached hydrogen (secondary N) is 2. The Morgan fingerprint density at radius 1 is 1.09 bits per heavy atom. The van der Waals surface area contributed by atoms with Crippen molar-refractivity contribution >= 4 is 46.1 Å². The summed E-state index contributed by atoms with van der Waals surface area (Å²) in [5.41, 5.74) is 11.3. The van der Waals surface area contributed by atoms with E-state index in [-0.39, 0.29) is 12.3 Å². The summed E-state index contributed by atoms with van der Waals surface area (Å²) in [6.07, 6.45) is -0.0743. The van der Waals surface area contributed by atoms with Crippen LogP contribution in [0.4, 0.5) is 11.4 Å². The standard InChI is InChI=1S/C26H24ClN3O3/c1-26(2,28)17-4-3-5-19(13-17)29-24(16-8-6-15(7-9-16)12-22(31)32)23-20-11-10-18(27)14-21(20)30-25(23)33/h3-11,13-14,29H,12,28H2,1-2H3,(H,30,33)(H,31,32)/b24-23-. The van der Waals surface area contributed by atoms with Crippen molar-refractivity contribution in [2.75, 3.05) is 10.6 Å². The number of carbonyl (C=O) groups excluding carboxylic acids is 1. The molecule has 1 aliphatic heterocycles. The maximum absolute atomic E-state index is 13.0. The largest absolute Gasteiger partial charge is 0.481 e. The minimum Gasteiger partial charge on any atom is -0.481 e. The molecule has 0 fully saturated rings. The van der Waals surface area contributed by atoms with Gasteiger partial charge in [-0.1, -0.05) is 54.1 Å². The molecule has 0 unspecified atom stereocenters. The number of amides is 1. The van der Waals surface area contributed by atoms with Crippen molar-refractivity contribution in [3.63, 3.8) is 0 Å². The average molecular weight is 462 g/mol. The van der Waals surface area contributed by atoms with Crippen LogP contribution < -0.4 is 16.4 Å². The molecule has 1 heterocycles. The molecular formula is C26H24ClN3O3. The summed E-state index contributed by atoms with van der Waals surface area (Å²) in [7, 11) is 0. The van der Waals surface area contributed by atoms with Crippen molar-refractivity contribution in [3.8, 4) is 0 Å². The molecule has 7 heteroatoms. The summed E-state index contributed by atoms with van der Waals surface area (Å²) in [5.74, 6) is -1.15. The molecule has 3 aromatic rings. The highest BCUT2D eigenvalue weighted by Gasteiger charge is 2.29. The fraction of sp³-hybridized carbons (Fsp3) is 0.154. The lowest BCUT2D eigenvalue weighted by Crippen LogP contribution is -2.28. The number of aliphatic carboxylic acids is 1. The van der Waals surface area contributed by atoms with E-state index in [2.05, 4.69) is 10.6 Å². The summed E-state index contributed by atoms with van der Waals surface area (Å²) in [5, 5.41) is 15.9. The van der Waals surface area contributed by atoms with Gasteiger partial charge in [-0.25, -0.2) is 0 Å². The third-order valence-corrected chi connectivity index (χ3v) is 5.69. The summed E-state index contributed by atoms with van der Waals surface area (Å²) in [6, 6.07) is 20.1. The number of halogens is 1. The van der Waals surface area contributed by atoms with Crippen molar-refractivity contribution in [3.05, 3.63) is 94.0 Å². The zero-order valence-corrected chi connectivity index (χ0v) is 19.0. The van der Waals surface area contributed by atoms with Crippen LogP contribution in [0.25, 0.3) is 11.3 Å². The first-order valence-corrected chi connectivity index (χ1v) is 10.8. The van der Waals surface area contributed by atoms with E-state index in [1.165, 1.54) is 0 Å². The van der Waals surface area contributed by atoms with Gasteiger partial charge >= 0.3 is 5.97 Å². The molecule has 1 amide bonds. The quantitative estimate of drug-likeness (QED) is 0.382. The molecule has 0 radical (unpaired) electrons. The smallest absolute Gasteiger partial charge is 0.307 e. The van der Waals surface area contributed by atoms with E-state index in [0.717, 1.165) is 22.4 Å². The third kappa shape index (κ3) is 4.92. The molecule has 33 heavy (non-hydrogen) atoms. The van der Waals surface area contributed by atoms with E-state index in [1.54, 1.807) is 24.3 Å². The van der Waals surface area contributed by atoms with Crippen molar-refractivity contribution in [2.24, 2.45) is 5.73 Å².